The first-order chi connectivity index (χ1) is 13.0. The molecule has 2 rings (SSSR count). The van der Waals surface area contributed by atoms with E-state index in [-0.39, 0.29) is 12.1 Å². The van der Waals surface area contributed by atoms with Crippen LogP contribution in [0.15, 0.2) is 42.5 Å². The number of hydrogen-bond acceptors (Lipinski definition) is 5. The molecule has 2 aromatic carbocycles. The fourth-order valence-corrected chi connectivity index (χ4v) is 2.49. The van der Waals surface area contributed by atoms with Gasteiger partial charge in [-0.3, -0.25) is 9.59 Å². The van der Waals surface area contributed by atoms with E-state index >= 15 is 0 Å². The zero-order valence-corrected chi connectivity index (χ0v) is 15.0. The van der Waals surface area contributed by atoms with E-state index in [1.165, 1.54) is 26.4 Å². The van der Waals surface area contributed by atoms with Crippen molar-refractivity contribution < 1.29 is 23.5 Å². The smallest absolute Gasteiger partial charge is 0.245 e. The number of amides is 1. The molecule has 0 heterocycles. The Labute approximate surface area is 156 Å². The molecule has 0 saturated heterocycles. The van der Waals surface area contributed by atoms with Crippen LogP contribution < -0.4 is 14.8 Å². The summed E-state index contributed by atoms with van der Waals surface area (Å²) in [5.41, 5.74) is 1.00. The summed E-state index contributed by atoms with van der Waals surface area (Å²) in [6.45, 7) is 0.239. The molecule has 1 atom stereocenters. The zero-order valence-electron chi connectivity index (χ0n) is 15.0. The highest BCUT2D eigenvalue weighted by molar-refractivity contribution is 6.12. The summed E-state index contributed by atoms with van der Waals surface area (Å²) < 4.78 is 23.3. The average Bonchev–Trinajstić information content (AvgIpc) is 2.68. The van der Waals surface area contributed by atoms with Gasteiger partial charge in [-0.05, 0) is 48.4 Å². The van der Waals surface area contributed by atoms with Crippen LogP contribution >= 0.6 is 0 Å². The van der Waals surface area contributed by atoms with Gasteiger partial charge in [0.05, 0.1) is 20.3 Å². The Morgan fingerprint density at radius 1 is 1.11 bits per heavy atom. The van der Waals surface area contributed by atoms with E-state index < -0.39 is 23.4 Å². The Morgan fingerprint density at radius 3 is 2.37 bits per heavy atom. The maximum Gasteiger partial charge on any atom is 0.245 e. The summed E-state index contributed by atoms with van der Waals surface area (Å²) in [7, 11) is 3.07. The van der Waals surface area contributed by atoms with Crippen molar-refractivity contribution >= 4 is 11.7 Å². The lowest BCUT2D eigenvalue weighted by Gasteiger charge is -2.11. The summed E-state index contributed by atoms with van der Waals surface area (Å²) in [4.78, 5) is 24.5. The lowest BCUT2D eigenvalue weighted by atomic mass is 9.98. The Balaban J connectivity index is 1.96. The van der Waals surface area contributed by atoms with Gasteiger partial charge in [0.25, 0.3) is 0 Å². The molecule has 0 aliphatic rings. The van der Waals surface area contributed by atoms with Gasteiger partial charge in [-0.25, -0.2) is 4.39 Å². The normalized spacial score (nSPS) is 11.2. The van der Waals surface area contributed by atoms with Crippen molar-refractivity contribution in [1.82, 2.24) is 5.32 Å². The van der Waals surface area contributed by atoms with Crippen molar-refractivity contribution in [3.05, 3.63) is 59.4 Å². The molecule has 7 heteroatoms. The Bertz CT molecular complexity index is 859. The number of hydrogen-bond donors (Lipinski definition) is 1. The number of nitrogens with zero attached hydrogens (tertiary/aromatic N) is 1. The molecular formula is C20H19FN2O4. The lowest BCUT2D eigenvalue weighted by molar-refractivity contribution is -0.122. The van der Waals surface area contributed by atoms with Crippen molar-refractivity contribution in [2.45, 2.75) is 6.42 Å². The van der Waals surface area contributed by atoms with Gasteiger partial charge in [0, 0.05) is 12.1 Å². The van der Waals surface area contributed by atoms with Gasteiger partial charge in [-0.2, -0.15) is 5.26 Å². The number of carbonyl (C=O) groups excluding carboxylic acids is 2. The van der Waals surface area contributed by atoms with Crippen LogP contribution in [0.25, 0.3) is 0 Å². The second kappa shape index (κ2) is 9.34. The van der Waals surface area contributed by atoms with E-state index in [9.17, 15) is 19.2 Å². The van der Waals surface area contributed by atoms with Gasteiger partial charge >= 0.3 is 0 Å². The number of benzene rings is 2. The van der Waals surface area contributed by atoms with Crippen LogP contribution in [0.2, 0.25) is 0 Å². The third kappa shape index (κ3) is 5.05. The molecule has 0 saturated carbocycles. The van der Waals surface area contributed by atoms with Gasteiger partial charge in [-0.15, -0.1) is 0 Å². The van der Waals surface area contributed by atoms with Crippen LogP contribution in [0, 0.1) is 23.1 Å². The van der Waals surface area contributed by atoms with Gasteiger partial charge < -0.3 is 14.8 Å². The highest BCUT2D eigenvalue weighted by Crippen LogP contribution is 2.27. The fourth-order valence-electron chi connectivity index (χ4n) is 2.49. The average molecular weight is 370 g/mol. The third-order valence-electron chi connectivity index (χ3n) is 3.94. The first-order valence-electron chi connectivity index (χ1n) is 8.18. The quantitative estimate of drug-likeness (QED) is 0.570. The number of ether oxygens (including phenoxy) is 2. The summed E-state index contributed by atoms with van der Waals surface area (Å²) >= 11 is 0. The first-order valence-corrected chi connectivity index (χ1v) is 8.18. The van der Waals surface area contributed by atoms with E-state index in [1.807, 2.05) is 6.07 Å². The van der Waals surface area contributed by atoms with E-state index in [0.29, 0.717) is 17.9 Å². The SMILES string of the molecule is COc1ccc(CCNC(=O)C(C#N)C(=O)c2ccc(F)cc2)cc1OC. The molecule has 0 bridgehead atoms. The van der Waals surface area contributed by atoms with E-state index in [2.05, 4.69) is 5.32 Å². The number of methoxy groups -OCH3 is 2. The van der Waals surface area contributed by atoms with Gasteiger partial charge in [0.2, 0.25) is 5.91 Å². The minimum Gasteiger partial charge on any atom is -0.493 e. The number of carbonyl (C=O) groups is 2. The summed E-state index contributed by atoms with van der Waals surface area (Å²) in [6.07, 6.45) is 0.481. The minimum absolute atomic E-state index is 0.109. The molecule has 0 aliphatic carbocycles. The van der Waals surface area contributed by atoms with Crippen molar-refractivity contribution in [2.24, 2.45) is 5.92 Å². The molecule has 0 aliphatic heterocycles. The molecule has 27 heavy (non-hydrogen) atoms. The molecule has 0 radical (unpaired) electrons. The Kier molecular flexibility index (Phi) is 6.89. The second-order valence-electron chi connectivity index (χ2n) is 5.66. The van der Waals surface area contributed by atoms with Gasteiger partial charge in [0.1, 0.15) is 5.82 Å². The van der Waals surface area contributed by atoms with E-state index in [4.69, 9.17) is 9.47 Å². The van der Waals surface area contributed by atoms with Crippen LogP contribution in [-0.2, 0) is 11.2 Å². The van der Waals surface area contributed by atoms with E-state index in [0.717, 1.165) is 17.7 Å². The standard InChI is InChI=1S/C20H19FN2O4/c1-26-17-8-3-13(11-18(17)27-2)9-10-23-20(25)16(12-22)19(24)14-4-6-15(21)7-5-14/h3-8,11,16H,9-10H2,1-2H3,(H,23,25). The Morgan fingerprint density at radius 2 is 1.78 bits per heavy atom. The molecule has 1 unspecified atom stereocenters. The Hall–Kier alpha value is -3.40. The number of nitriles is 1. The molecule has 2 aromatic rings. The molecule has 140 valence electrons. The topological polar surface area (TPSA) is 88.4 Å². The molecule has 1 amide bonds. The van der Waals surface area contributed by atoms with Crippen molar-refractivity contribution in [1.29, 1.82) is 5.26 Å². The summed E-state index contributed by atoms with van der Waals surface area (Å²) in [6, 6.07) is 11.8. The third-order valence-corrected chi connectivity index (χ3v) is 3.94. The monoisotopic (exact) mass is 370 g/mol. The zero-order chi connectivity index (χ0) is 19.8. The number of halogens is 1. The van der Waals surface area contributed by atoms with Gasteiger partial charge in [-0.1, -0.05) is 6.07 Å². The van der Waals surface area contributed by atoms with Crippen molar-refractivity contribution in [2.75, 3.05) is 20.8 Å². The van der Waals surface area contributed by atoms with Gasteiger partial charge in [0.15, 0.2) is 23.2 Å². The fraction of sp³-hybridized carbons (Fsp3) is 0.250. The van der Waals surface area contributed by atoms with Crippen LogP contribution in [-0.4, -0.2) is 32.5 Å². The molecule has 0 spiro atoms. The predicted molar refractivity (Wildman–Crippen MR) is 96.1 cm³/mol. The van der Waals surface area contributed by atoms with Crippen molar-refractivity contribution in [3.63, 3.8) is 0 Å². The minimum atomic E-state index is -1.49. The van der Waals surface area contributed by atoms with E-state index in [1.54, 1.807) is 18.2 Å². The maximum absolute atomic E-state index is 12.9. The molecule has 0 fully saturated rings. The predicted octanol–water partition coefficient (Wildman–Crippen LogP) is 2.52. The van der Waals surface area contributed by atoms with Crippen LogP contribution in [0.4, 0.5) is 4.39 Å². The number of rotatable bonds is 8. The second-order valence-corrected chi connectivity index (χ2v) is 5.66. The van der Waals surface area contributed by atoms with Crippen LogP contribution in [0.5, 0.6) is 11.5 Å². The largest absolute Gasteiger partial charge is 0.493 e. The number of nitrogens with one attached hydrogen (secondary N) is 1. The number of ketones is 1. The maximum atomic E-state index is 12.9. The highest BCUT2D eigenvalue weighted by atomic mass is 19.1. The van der Waals surface area contributed by atoms with Crippen LogP contribution in [0.3, 0.4) is 0 Å². The lowest BCUT2D eigenvalue weighted by Crippen LogP contribution is -2.35. The molecular weight excluding hydrogens is 351 g/mol. The first kappa shape index (κ1) is 19.9. The van der Waals surface area contributed by atoms with Crippen LogP contribution in [0.1, 0.15) is 15.9 Å². The molecule has 6 nitrogen and oxygen atoms in total. The summed E-state index contributed by atoms with van der Waals surface area (Å²) in [5, 5.41) is 11.8. The number of Topliss-reactive ketones (excluding diaryl/α,β-unsaturated/α-hetero) is 1. The molecule has 0 aromatic heterocycles. The van der Waals surface area contributed by atoms with Crippen molar-refractivity contribution in [3.8, 4) is 17.6 Å². The molecule has 1 N–H and O–H groups in total. The highest BCUT2D eigenvalue weighted by Gasteiger charge is 2.27. The summed E-state index contributed by atoms with van der Waals surface area (Å²) in [5.74, 6) is -2.17.